The first-order valence-corrected chi connectivity index (χ1v) is 13.4. The summed E-state index contributed by atoms with van der Waals surface area (Å²) in [6.07, 6.45) is 3.18. The van der Waals surface area contributed by atoms with E-state index in [-0.39, 0.29) is 23.2 Å². The zero-order chi connectivity index (χ0) is 24.8. The number of aryl methyl sites for hydroxylation is 1. The number of thiazole rings is 2. The number of carbonyl (C=O) groups excluding carboxylic acids is 1. The number of amides is 1. The molecule has 7 nitrogen and oxygen atoms in total. The summed E-state index contributed by atoms with van der Waals surface area (Å²) in [7, 11) is 0. The van der Waals surface area contributed by atoms with Gasteiger partial charge in [-0.1, -0.05) is 11.3 Å². The highest BCUT2D eigenvalue weighted by molar-refractivity contribution is 7.13. The molecule has 1 N–H and O–H groups in total. The molecule has 0 spiro atoms. The van der Waals surface area contributed by atoms with Crippen molar-refractivity contribution in [2.24, 2.45) is 0 Å². The molecule has 35 heavy (non-hydrogen) atoms. The Bertz CT molecular complexity index is 991. The Morgan fingerprint density at radius 3 is 2.86 bits per heavy atom. The minimum Gasteiger partial charge on any atom is -0.460 e. The fourth-order valence-electron chi connectivity index (χ4n) is 4.16. The van der Waals surface area contributed by atoms with E-state index in [0.717, 1.165) is 66.6 Å². The van der Waals surface area contributed by atoms with Crippen LogP contribution in [0.4, 0.5) is 13.2 Å². The van der Waals surface area contributed by atoms with Gasteiger partial charge in [0.2, 0.25) is 5.91 Å². The summed E-state index contributed by atoms with van der Waals surface area (Å²) in [5, 5.41) is 5.98. The predicted octanol–water partition coefficient (Wildman–Crippen LogP) is 4.02. The van der Waals surface area contributed by atoms with Crippen molar-refractivity contribution in [1.29, 1.82) is 0 Å². The van der Waals surface area contributed by atoms with Crippen molar-refractivity contribution in [3.63, 3.8) is 0 Å². The fourth-order valence-corrected chi connectivity index (χ4v) is 5.68. The van der Waals surface area contributed by atoms with E-state index in [1.54, 1.807) is 17.4 Å². The fraction of sp³-hybridized carbons (Fsp3) is 0.609. The Hall–Kier alpha value is -2.02. The van der Waals surface area contributed by atoms with Gasteiger partial charge in [-0.2, -0.15) is 13.2 Å². The molecule has 1 saturated heterocycles. The van der Waals surface area contributed by atoms with Gasteiger partial charge in [0.1, 0.15) is 0 Å². The van der Waals surface area contributed by atoms with Gasteiger partial charge >= 0.3 is 6.18 Å². The van der Waals surface area contributed by atoms with Gasteiger partial charge in [0.15, 0.2) is 6.61 Å². The number of fused-ring (bicyclic) bond motifs is 1. The molecule has 1 amide bonds. The van der Waals surface area contributed by atoms with E-state index in [1.807, 2.05) is 12.3 Å². The highest BCUT2D eigenvalue weighted by atomic mass is 32.1. The first-order valence-electron chi connectivity index (χ1n) is 11.7. The second-order valence-corrected chi connectivity index (χ2v) is 10.9. The normalized spacial score (nSPS) is 21.6. The maximum atomic E-state index is 12.4. The second kappa shape index (κ2) is 11.8. The van der Waals surface area contributed by atoms with Gasteiger partial charge in [-0.3, -0.25) is 4.79 Å². The van der Waals surface area contributed by atoms with Gasteiger partial charge in [-0.15, -0.1) is 11.3 Å². The monoisotopic (exact) mass is 530 g/mol. The Kier molecular flexibility index (Phi) is 8.79. The van der Waals surface area contributed by atoms with Crippen LogP contribution in [0.3, 0.4) is 0 Å². The summed E-state index contributed by atoms with van der Waals surface area (Å²) in [5.74, 6) is -0.139. The third kappa shape index (κ3) is 8.26. The number of hydrogen-bond donors (Lipinski definition) is 1. The number of halogens is 3. The van der Waals surface area contributed by atoms with Crippen molar-refractivity contribution in [3.8, 4) is 5.19 Å². The van der Waals surface area contributed by atoms with Crippen LogP contribution in [-0.2, 0) is 22.4 Å². The van der Waals surface area contributed by atoms with Crippen LogP contribution in [0.1, 0.15) is 40.5 Å². The quantitative estimate of drug-likeness (QED) is 0.520. The molecule has 0 unspecified atom stereocenters. The van der Waals surface area contributed by atoms with E-state index in [9.17, 15) is 18.0 Å². The van der Waals surface area contributed by atoms with Crippen LogP contribution in [0.15, 0.2) is 11.5 Å². The lowest BCUT2D eigenvalue weighted by molar-refractivity contribution is -0.153. The summed E-state index contributed by atoms with van der Waals surface area (Å²) >= 11 is 2.77. The summed E-state index contributed by atoms with van der Waals surface area (Å²) in [4.78, 5) is 24.1. The number of aromatic nitrogens is 2. The molecule has 0 bridgehead atoms. The molecule has 2 atom stereocenters. The van der Waals surface area contributed by atoms with Crippen LogP contribution < -0.4 is 10.1 Å². The van der Waals surface area contributed by atoms with Crippen LogP contribution >= 0.6 is 22.7 Å². The highest BCUT2D eigenvalue weighted by Crippen LogP contribution is 2.29. The molecule has 2 aromatic heterocycles. The van der Waals surface area contributed by atoms with Crippen molar-refractivity contribution < 1.29 is 27.4 Å². The van der Waals surface area contributed by atoms with Crippen molar-refractivity contribution in [1.82, 2.24) is 20.2 Å². The minimum atomic E-state index is -4.36. The van der Waals surface area contributed by atoms with Crippen molar-refractivity contribution in [2.45, 2.75) is 57.3 Å². The number of alkyl halides is 3. The zero-order valence-electron chi connectivity index (χ0n) is 19.5. The number of hydrogen-bond acceptors (Lipinski definition) is 8. The number of ether oxygens (including phenoxy) is 2. The molecular formula is C23H29F3N4O3S2. The van der Waals surface area contributed by atoms with Crippen LogP contribution in [0.2, 0.25) is 0 Å². The van der Waals surface area contributed by atoms with Gasteiger partial charge in [0.25, 0.3) is 5.19 Å². The minimum absolute atomic E-state index is 0.00887. The average molecular weight is 531 g/mol. The molecule has 0 radical (unpaired) electrons. The van der Waals surface area contributed by atoms with E-state index in [4.69, 9.17) is 9.47 Å². The largest absolute Gasteiger partial charge is 0.460 e. The Morgan fingerprint density at radius 2 is 2.14 bits per heavy atom. The molecule has 2 aromatic rings. The zero-order valence-corrected chi connectivity index (χ0v) is 21.1. The average Bonchev–Trinajstić information content (AvgIpc) is 3.36. The summed E-state index contributed by atoms with van der Waals surface area (Å²) in [6, 6.07) is 0.00887. The van der Waals surface area contributed by atoms with Crippen molar-refractivity contribution >= 4 is 34.7 Å². The van der Waals surface area contributed by atoms with Crippen LogP contribution in [0, 0.1) is 6.92 Å². The molecule has 12 heteroatoms. The summed E-state index contributed by atoms with van der Waals surface area (Å²) < 4.78 is 47.9. The Labute approximate surface area is 210 Å². The number of nitrogens with one attached hydrogen (secondary N) is 1. The topological polar surface area (TPSA) is 76.6 Å². The number of nitrogens with zero attached hydrogens (tertiary/aromatic N) is 3. The number of rotatable bonds is 8. The van der Waals surface area contributed by atoms with E-state index < -0.39 is 12.8 Å². The van der Waals surface area contributed by atoms with Crippen molar-refractivity contribution in [2.75, 3.05) is 32.8 Å². The molecule has 0 saturated carbocycles. The molecule has 0 aliphatic carbocycles. The van der Waals surface area contributed by atoms with E-state index >= 15 is 0 Å². The molecule has 4 heterocycles. The van der Waals surface area contributed by atoms with Crippen LogP contribution in [-0.4, -0.2) is 71.9 Å². The second-order valence-electron chi connectivity index (χ2n) is 8.75. The lowest BCUT2D eigenvalue weighted by Gasteiger charge is -2.31. The highest BCUT2D eigenvalue weighted by Gasteiger charge is 2.30. The lowest BCUT2D eigenvalue weighted by Crippen LogP contribution is -2.43. The molecule has 0 aromatic carbocycles. The van der Waals surface area contributed by atoms with Gasteiger partial charge in [0.05, 0.1) is 35.1 Å². The van der Waals surface area contributed by atoms with Crippen LogP contribution in [0.5, 0.6) is 5.19 Å². The SMILES string of the molecule is Cc1nc(/C=C/C(=O)N[C@H]2CC[C@H](CCN3CCc4nc(OCC(F)(F)F)sc4CC3)OC2)cs1. The molecule has 4 rings (SSSR count). The molecule has 1 fully saturated rings. The number of carbonyl (C=O) groups is 1. The molecule has 2 aliphatic rings. The summed E-state index contributed by atoms with van der Waals surface area (Å²) in [5.41, 5.74) is 1.64. The van der Waals surface area contributed by atoms with Crippen LogP contribution in [0.25, 0.3) is 6.08 Å². The van der Waals surface area contributed by atoms with Gasteiger partial charge in [-0.05, 0) is 38.7 Å². The summed E-state index contributed by atoms with van der Waals surface area (Å²) in [6.45, 7) is 3.67. The third-order valence-electron chi connectivity index (χ3n) is 5.96. The maximum absolute atomic E-state index is 12.4. The standard InChI is InChI=1S/C23H29F3N4O3S2/c1-15-27-17(13-34-15)3-5-21(31)28-16-2-4-18(32-12-16)6-9-30-10-7-19-20(8-11-30)35-22(29-19)33-14-23(24,25)26/h3,5,13,16,18H,2,4,6-12,14H2,1H3,(H,28,31)/b5-3+/t16-,18+/m0/s1. The Morgan fingerprint density at radius 1 is 1.31 bits per heavy atom. The van der Waals surface area contributed by atoms with E-state index in [0.29, 0.717) is 13.0 Å². The molecular weight excluding hydrogens is 501 g/mol. The first kappa shape index (κ1) is 26.1. The molecule has 192 valence electrons. The van der Waals surface area contributed by atoms with Gasteiger partial charge in [-0.25, -0.2) is 9.97 Å². The van der Waals surface area contributed by atoms with Gasteiger partial charge in [0, 0.05) is 42.4 Å². The third-order valence-corrected chi connectivity index (χ3v) is 7.83. The van der Waals surface area contributed by atoms with Crippen molar-refractivity contribution in [3.05, 3.63) is 32.7 Å². The molecule has 2 aliphatic heterocycles. The van der Waals surface area contributed by atoms with E-state index in [1.165, 1.54) is 17.4 Å². The predicted molar refractivity (Wildman–Crippen MR) is 129 cm³/mol. The first-order chi connectivity index (χ1) is 16.7. The smallest absolute Gasteiger partial charge is 0.422 e. The van der Waals surface area contributed by atoms with E-state index in [2.05, 4.69) is 20.2 Å². The lowest BCUT2D eigenvalue weighted by atomic mass is 10.0. The Balaban J connectivity index is 1.13. The maximum Gasteiger partial charge on any atom is 0.422 e. The van der Waals surface area contributed by atoms with Gasteiger partial charge < -0.3 is 19.7 Å².